The molecule has 1 atom stereocenters. The normalized spacial score (nSPS) is 15.0. The first-order valence-corrected chi connectivity index (χ1v) is 14.3. The predicted octanol–water partition coefficient (Wildman–Crippen LogP) is 5.99. The summed E-state index contributed by atoms with van der Waals surface area (Å²) in [6.45, 7) is 6.02. The molecule has 0 saturated carbocycles. The molecule has 0 N–H and O–H groups in total. The van der Waals surface area contributed by atoms with Crippen molar-refractivity contribution in [2.75, 3.05) is 6.61 Å². The summed E-state index contributed by atoms with van der Waals surface area (Å²) in [7, 11) is 0. The Labute approximate surface area is 245 Å². The topological polar surface area (TPSA) is 69.9 Å². The van der Waals surface area contributed by atoms with Crippen molar-refractivity contribution in [3.63, 3.8) is 0 Å². The second-order valence-electron chi connectivity index (χ2n) is 9.29. The number of hydrogen-bond acceptors (Lipinski definition) is 6. The lowest BCUT2D eigenvalue weighted by atomic mass is 9.95. The van der Waals surface area contributed by atoms with Crippen molar-refractivity contribution >= 4 is 46.6 Å². The second-order valence-corrected chi connectivity index (χ2v) is 11.1. The molecule has 0 saturated heterocycles. The van der Waals surface area contributed by atoms with Crippen molar-refractivity contribution in [3.05, 3.63) is 130 Å². The number of allylic oxidation sites excluding steroid dienone is 1. The summed E-state index contributed by atoms with van der Waals surface area (Å²) in [5, 5.41) is 0.934. The SMILES string of the molecule is CCOC(=O)C1=C(C)N=c2s/c(=C/c3ccccc3OCc3ccc(Cl)c(Cl)c3)c(=O)n2[C@@H]1c1ccc(C)cc1. The lowest BCUT2D eigenvalue weighted by Gasteiger charge is -2.24. The van der Waals surface area contributed by atoms with Crippen LogP contribution in [0.1, 0.15) is 42.1 Å². The molecule has 5 rings (SSSR count). The number of esters is 1. The quantitative estimate of drug-likeness (QED) is 0.247. The van der Waals surface area contributed by atoms with Crippen LogP contribution in [0.4, 0.5) is 0 Å². The Hall–Kier alpha value is -3.65. The molecule has 0 unspecified atom stereocenters. The van der Waals surface area contributed by atoms with Gasteiger partial charge in [0.2, 0.25) is 0 Å². The minimum absolute atomic E-state index is 0.222. The fraction of sp³-hybridized carbons (Fsp3) is 0.194. The molecule has 0 bridgehead atoms. The van der Waals surface area contributed by atoms with E-state index in [1.807, 2.05) is 61.5 Å². The Morgan fingerprint density at radius 3 is 2.52 bits per heavy atom. The van der Waals surface area contributed by atoms with Gasteiger partial charge >= 0.3 is 5.97 Å². The van der Waals surface area contributed by atoms with Crippen LogP contribution in [0.25, 0.3) is 6.08 Å². The van der Waals surface area contributed by atoms with E-state index < -0.39 is 12.0 Å². The molecule has 2 heterocycles. The monoisotopic (exact) mass is 592 g/mol. The minimum Gasteiger partial charge on any atom is -0.488 e. The van der Waals surface area contributed by atoms with E-state index in [0.717, 1.165) is 22.3 Å². The third-order valence-corrected chi connectivity index (χ3v) is 8.22. The summed E-state index contributed by atoms with van der Waals surface area (Å²) in [6, 6.07) is 20.0. The number of rotatable bonds is 7. The first-order valence-electron chi connectivity index (χ1n) is 12.7. The molecule has 0 amide bonds. The van der Waals surface area contributed by atoms with Gasteiger partial charge < -0.3 is 9.47 Å². The van der Waals surface area contributed by atoms with Crippen LogP contribution in [-0.2, 0) is 16.1 Å². The van der Waals surface area contributed by atoms with Crippen LogP contribution >= 0.6 is 34.5 Å². The predicted molar refractivity (Wildman–Crippen MR) is 159 cm³/mol. The van der Waals surface area contributed by atoms with E-state index in [4.69, 9.17) is 32.7 Å². The second kappa shape index (κ2) is 11.8. The average molecular weight is 594 g/mol. The lowest BCUT2D eigenvalue weighted by Crippen LogP contribution is -2.39. The van der Waals surface area contributed by atoms with Gasteiger partial charge in [-0.3, -0.25) is 9.36 Å². The van der Waals surface area contributed by atoms with E-state index >= 15 is 0 Å². The molecule has 9 heteroatoms. The summed E-state index contributed by atoms with van der Waals surface area (Å²) in [4.78, 5) is 32.1. The van der Waals surface area contributed by atoms with Crippen molar-refractivity contribution in [3.8, 4) is 5.75 Å². The van der Waals surface area contributed by atoms with E-state index in [-0.39, 0.29) is 18.8 Å². The number of fused-ring (bicyclic) bond motifs is 1. The molecule has 6 nitrogen and oxygen atoms in total. The maximum absolute atomic E-state index is 13.9. The minimum atomic E-state index is -0.654. The molecular weight excluding hydrogens is 567 g/mol. The molecule has 0 aliphatic carbocycles. The van der Waals surface area contributed by atoms with Gasteiger partial charge in [-0.1, -0.05) is 88.6 Å². The van der Waals surface area contributed by atoms with Crippen molar-refractivity contribution < 1.29 is 14.3 Å². The van der Waals surface area contributed by atoms with Crippen LogP contribution in [-0.4, -0.2) is 17.1 Å². The molecule has 0 radical (unpaired) electrons. The number of benzene rings is 3. The molecule has 4 aromatic rings. The number of hydrogen-bond donors (Lipinski definition) is 0. The van der Waals surface area contributed by atoms with Gasteiger partial charge in [-0.05, 0) is 56.2 Å². The summed E-state index contributed by atoms with van der Waals surface area (Å²) in [5.74, 6) is 0.127. The van der Waals surface area contributed by atoms with Gasteiger partial charge in [0.1, 0.15) is 12.4 Å². The molecular formula is C31H26Cl2N2O4S. The summed E-state index contributed by atoms with van der Waals surface area (Å²) in [6.07, 6.45) is 1.80. The smallest absolute Gasteiger partial charge is 0.338 e. The Morgan fingerprint density at radius 1 is 1.05 bits per heavy atom. The number of thiazole rings is 1. The summed E-state index contributed by atoms with van der Waals surface area (Å²) < 4.78 is 13.5. The number of aryl methyl sites for hydroxylation is 1. The summed E-state index contributed by atoms with van der Waals surface area (Å²) in [5.41, 5.74) is 4.12. The zero-order chi connectivity index (χ0) is 28.4. The van der Waals surface area contributed by atoms with Crippen LogP contribution < -0.4 is 19.6 Å². The molecule has 3 aromatic carbocycles. The Kier molecular flexibility index (Phi) is 8.26. The maximum atomic E-state index is 13.9. The van der Waals surface area contributed by atoms with Crippen LogP contribution in [0.2, 0.25) is 10.0 Å². The number of carbonyl (C=O) groups excluding carboxylic acids is 1. The first kappa shape index (κ1) is 27.9. The van der Waals surface area contributed by atoms with Crippen molar-refractivity contribution in [1.29, 1.82) is 0 Å². The number of aromatic nitrogens is 1. The molecule has 1 aliphatic rings. The van der Waals surface area contributed by atoms with Crippen LogP contribution in [0.5, 0.6) is 5.75 Å². The van der Waals surface area contributed by atoms with Gasteiger partial charge in [-0.2, -0.15) is 0 Å². The number of halogens is 2. The number of carbonyl (C=O) groups is 1. The highest BCUT2D eigenvalue weighted by atomic mass is 35.5. The fourth-order valence-corrected chi connectivity index (χ4v) is 5.88. The Balaban J connectivity index is 1.58. The van der Waals surface area contributed by atoms with E-state index in [2.05, 4.69) is 4.99 Å². The van der Waals surface area contributed by atoms with Gasteiger partial charge in [0.15, 0.2) is 4.80 Å². The van der Waals surface area contributed by atoms with Gasteiger partial charge in [0.25, 0.3) is 5.56 Å². The molecule has 0 fully saturated rings. The Bertz CT molecular complexity index is 1810. The maximum Gasteiger partial charge on any atom is 0.338 e. The highest BCUT2D eigenvalue weighted by Gasteiger charge is 2.33. The molecule has 1 aromatic heterocycles. The molecule has 204 valence electrons. The van der Waals surface area contributed by atoms with Crippen molar-refractivity contribution in [2.45, 2.75) is 33.4 Å². The van der Waals surface area contributed by atoms with E-state index in [1.165, 1.54) is 11.3 Å². The largest absolute Gasteiger partial charge is 0.488 e. The third-order valence-electron chi connectivity index (χ3n) is 6.49. The molecule has 40 heavy (non-hydrogen) atoms. The fourth-order valence-electron chi connectivity index (χ4n) is 4.52. The van der Waals surface area contributed by atoms with E-state index in [9.17, 15) is 9.59 Å². The number of para-hydroxylation sites is 1. The summed E-state index contributed by atoms with van der Waals surface area (Å²) >= 11 is 13.5. The van der Waals surface area contributed by atoms with Crippen molar-refractivity contribution in [1.82, 2.24) is 4.57 Å². The zero-order valence-electron chi connectivity index (χ0n) is 22.1. The van der Waals surface area contributed by atoms with Gasteiger partial charge in [0.05, 0.1) is 38.5 Å². The zero-order valence-corrected chi connectivity index (χ0v) is 24.4. The highest BCUT2D eigenvalue weighted by molar-refractivity contribution is 7.07. The standard InChI is InChI=1S/C31H26Cl2N2O4S/c1-4-38-30(37)27-19(3)34-31-35(28(27)21-12-9-18(2)10-13-21)29(36)26(40-31)16-22-7-5-6-8-25(22)39-17-20-11-14-23(32)24(33)15-20/h5-16,28H,4,17H2,1-3H3/b26-16+/t28-/m1/s1. The number of ether oxygens (including phenoxy) is 2. The van der Waals surface area contributed by atoms with Gasteiger partial charge in [-0.15, -0.1) is 0 Å². The van der Waals surface area contributed by atoms with Crippen LogP contribution in [0.15, 0.2) is 87.8 Å². The van der Waals surface area contributed by atoms with Crippen molar-refractivity contribution in [2.24, 2.45) is 4.99 Å². The molecule has 0 spiro atoms. The van der Waals surface area contributed by atoms with Gasteiger partial charge in [-0.25, -0.2) is 9.79 Å². The molecule has 1 aliphatic heterocycles. The highest BCUT2D eigenvalue weighted by Crippen LogP contribution is 2.31. The van der Waals surface area contributed by atoms with E-state index in [0.29, 0.717) is 36.4 Å². The number of nitrogens with zero attached hydrogens (tertiary/aromatic N) is 2. The van der Waals surface area contributed by atoms with Crippen LogP contribution in [0.3, 0.4) is 0 Å². The van der Waals surface area contributed by atoms with Crippen LogP contribution in [0, 0.1) is 6.92 Å². The van der Waals surface area contributed by atoms with E-state index in [1.54, 1.807) is 36.6 Å². The lowest BCUT2D eigenvalue weighted by molar-refractivity contribution is -0.139. The van der Waals surface area contributed by atoms with Gasteiger partial charge in [0, 0.05) is 5.56 Å². The Morgan fingerprint density at radius 2 is 1.80 bits per heavy atom. The first-order chi connectivity index (χ1) is 19.3. The third kappa shape index (κ3) is 5.63. The average Bonchev–Trinajstić information content (AvgIpc) is 3.24.